The topological polar surface area (TPSA) is 131 Å². The number of aliphatic hydroxyl groups is 3. The van der Waals surface area contributed by atoms with Gasteiger partial charge in [-0.15, -0.1) is 5.10 Å². The minimum atomic E-state index is -1.94. The Labute approximate surface area is 229 Å². The summed E-state index contributed by atoms with van der Waals surface area (Å²) in [7, 11) is 0. The number of alkyl halides is 1. The van der Waals surface area contributed by atoms with E-state index in [-0.39, 0.29) is 34.2 Å². The van der Waals surface area contributed by atoms with Gasteiger partial charge >= 0.3 is 0 Å². The van der Waals surface area contributed by atoms with Gasteiger partial charge in [0, 0.05) is 17.2 Å². The van der Waals surface area contributed by atoms with Gasteiger partial charge in [-0.05, 0) is 39.0 Å². The van der Waals surface area contributed by atoms with Crippen molar-refractivity contribution in [3.63, 3.8) is 0 Å². The van der Waals surface area contributed by atoms with Gasteiger partial charge in [0.1, 0.15) is 53.5 Å². The Morgan fingerprint density at radius 1 is 1.02 bits per heavy atom. The van der Waals surface area contributed by atoms with E-state index >= 15 is 4.39 Å². The number of ether oxygens (including phenoxy) is 1. The molecule has 41 heavy (non-hydrogen) atoms. The second kappa shape index (κ2) is 10.6. The smallest absolute Gasteiger partial charge is 0.194 e. The summed E-state index contributed by atoms with van der Waals surface area (Å²) < 4.78 is 78.4. The van der Waals surface area contributed by atoms with E-state index in [1.807, 2.05) is 0 Å². The van der Waals surface area contributed by atoms with Crippen LogP contribution in [0.5, 0.6) is 0 Å². The summed E-state index contributed by atoms with van der Waals surface area (Å²) in [6, 6.07) is 3.44. The van der Waals surface area contributed by atoms with Crippen molar-refractivity contribution in [2.45, 2.75) is 56.9 Å². The molecule has 218 valence electrons. The minimum absolute atomic E-state index is 0.0180. The quantitative estimate of drug-likeness (QED) is 0.234. The normalized spacial score (nSPS) is 23.2. The Morgan fingerprint density at radius 3 is 2.34 bits per heavy atom. The van der Waals surface area contributed by atoms with E-state index in [0.717, 1.165) is 27.7 Å². The fourth-order valence-electron chi connectivity index (χ4n) is 4.86. The van der Waals surface area contributed by atoms with Gasteiger partial charge in [-0.3, -0.25) is 0 Å². The van der Waals surface area contributed by atoms with E-state index in [9.17, 15) is 32.9 Å². The number of hydrogen-bond donors (Lipinski definition) is 3. The molecule has 0 unspecified atom stereocenters. The highest BCUT2D eigenvalue weighted by atomic mass is 19.2. The summed E-state index contributed by atoms with van der Waals surface area (Å²) >= 11 is 0. The van der Waals surface area contributed by atoms with Gasteiger partial charge in [0.05, 0.1) is 18.5 Å². The van der Waals surface area contributed by atoms with E-state index in [1.54, 1.807) is 0 Å². The molecule has 0 bridgehead atoms. The third-order valence-corrected chi connectivity index (χ3v) is 6.81. The molecule has 15 heteroatoms. The lowest BCUT2D eigenvalue weighted by Gasteiger charge is -2.41. The largest absolute Gasteiger partial charge is 0.394 e. The average molecular weight is 581 g/mol. The van der Waals surface area contributed by atoms with Crippen LogP contribution >= 0.6 is 0 Å². The molecule has 1 saturated heterocycles. The van der Waals surface area contributed by atoms with Crippen molar-refractivity contribution in [3.05, 3.63) is 77.0 Å². The van der Waals surface area contributed by atoms with Crippen LogP contribution in [0.4, 0.5) is 22.0 Å². The van der Waals surface area contributed by atoms with Crippen molar-refractivity contribution in [3.8, 4) is 16.9 Å². The minimum Gasteiger partial charge on any atom is -0.394 e. The van der Waals surface area contributed by atoms with Crippen LogP contribution in [0, 0.1) is 30.2 Å². The van der Waals surface area contributed by atoms with Crippen molar-refractivity contribution >= 4 is 0 Å². The van der Waals surface area contributed by atoms with Crippen molar-refractivity contribution in [2.75, 3.05) is 6.61 Å². The lowest BCUT2D eigenvalue weighted by atomic mass is 9.92. The summed E-state index contributed by atoms with van der Waals surface area (Å²) in [6.07, 6.45) is -4.81. The highest BCUT2D eigenvalue weighted by Gasteiger charge is 2.48. The van der Waals surface area contributed by atoms with Crippen LogP contribution in [0.15, 0.2) is 36.5 Å². The molecule has 0 amide bonds. The highest BCUT2D eigenvalue weighted by Crippen LogP contribution is 2.40. The lowest BCUT2D eigenvalue weighted by molar-refractivity contribution is -0.210. The van der Waals surface area contributed by atoms with E-state index in [1.165, 1.54) is 26.8 Å². The van der Waals surface area contributed by atoms with E-state index in [4.69, 9.17) is 4.74 Å². The average Bonchev–Trinajstić information content (AvgIpc) is 3.53. The van der Waals surface area contributed by atoms with Crippen LogP contribution in [0.2, 0.25) is 0 Å². The van der Waals surface area contributed by atoms with Crippen LogP contribution < -0.4 is 0 Å². The fourth-order valence-corrected chi connectivity index (χ4v) is 4.86. The zero-order valence-corrected chi connectivity index (χ0v) is 21.9. The standard InChI is InChI=1S/C26H25F5N6O4/c1-11-32-25(37(34-11)18-8-13(27)4-5-14(18)26(2,3)31)24-23(40)21(22(39)19(10-38)41-24)36-9-17(33-35-36)12-6-15(28)20(30)16(29)7-12/h4-9,19,21-24,38-40H,10H2,1-3H3/t19-,21+,22+,23-,24-/m1/s1. The van der Waals surface area contributed by atoms with Crippen molar-refractivity contribution < 1.29 is 42.0 Å². The molecule has 0 radical (unpaired) electrons. The zero-order valence-electron chi connectivity index (χ0n) is 21.9. The number of benzene rings is 2. The monoisotopic (exact) mass is 580 g/mol. The Bertz CT molecular complexity index is 1570. The molecule has 2 aromatic heterocycles. The maximum absolute atomic E-state index is 15.1. The summed E-state index contributed by atoms with van der Waals surface area (Å²) in [5.41, 5.74) is -2.17. The Balaban J connectivity index is 1.58. The van der Waals surface area contributed by atoms with Gasteiger partial charge in [-0.2, -0.15) is 5.10 Å². The number of halogens is 5. The Morgan fingerprint density at radius 2 is 1.71 bits per heavy atom. The van der Waals surface area contributed by atoms with E-state index in [0.29, 0.717) is 12.1 Å². The molecule has 1 fully saturated rings. The molecular weight excluding hydrogens is 555 g/mol. The molecule has 1 aliphatic heterocycles. The molecule has 0 aliphatic carbocycles. The predicted octanol–water partition coefficient (Wildman–Crippen LogP) is 2.99. The summed E-state index contributed by atoms with van der Waals surface area (Å²) in [5, 5.41) is 44.3. The Hall–Kier alpha value is -3.79. The van der Waals surface area contributed by atoms with Crippen LogP contribution in [-0.4, -0.2) is 70.0 Å². The van der Waals surface area contributed by atoms with Crippen LogP contribution in [0.25, 0.3) is 16.9 Å². The van der Waals surface area contributed by atoms with Gasteiger partial charge in [0.15, 0.2) is 23.3 Å². The Kier molecular flexibility index (Phi) is 7.40. The fraction of sp³-hybridized carbons (Fsp3) is 0.385. The molecule has 5 atom stereocenters. The molecule has 1 aliphatic rings. The molecular formula is C26H25F5N6O4. The van der Waals surface area contributed by atoms with E-state index < -0.39 is 66.0 Å². The number of nitrogens with zero attached hydrogens (tertiary/aromatic N) is 6. The molecule has 0 saturated carbocycles. The number of aliphatic hydroxyl groups excluding tert-OH is 3. The van der Waals surface area contributed by atoms with Gasteiger partial charge in [0.25, 0.3) is 0 Å². The molecule has 2 aromatic carbocycles. The predicted molar refractivity (Wildman–Crippen MR) is 131 cm³/mol. The number of hydrogen-bond acceptors (Lipinski definition) is 8. The SMILES string of the molecule is Cc1nc([C@@H]2O[C@H](CO)[C@H](O)[C@H](n3cc(-c4cc(F)c(F)c(F)c4)nn3)[C@H]2O)n(-c2cc(F)ccc2C(C)(C)F)n1. The molecule has 4 aromatic rings. The van der Waals surface area contributed by atoms with Crippen LogP contribution in [0.3, 0.4) is 0 Å². The molecule has 3 heterocycles. The van der Waals surface area contributed by atoms with Crippen LogP contribution in [-0.2, 0) is 10.4 Å². The molecule has 5 rings (SSSR count). The van der Waals surface area contributed by atoms with Gasteiger partial charge in [-0.25, -0.2) is 36.3 Å². The second-order valence-corrected chi connectivity index (χ2v) is 10.2. The maximum atomic E-state index is 15.1. The number of aromatic nitrogens is 6. The number of rotatable bonds is 6. The molecule has 3 N–H and O–H groups in total. The third kappa shape index (κ3) is 5.21. The first-order valence-electron chi connectivity index (χ1n) is 12.4. The second-order valence-electron chi connectivity index (χ2n) is 10.2. The summed E-state index contributed by atoms with van der Waals surface area (Å²) in [5.74, 6) is -5.20. The first-order valence-corrected chi connectivity index (χ1v) is 12.4. The number of aryl methyl sites for hydroxylation is 1. The first-order chi connectivity index (χ1) is 19.3. The molecule has 10 nitrogen and oxygen atoms in total. The van der Waals surface area contributed by atoms with Crippen LogP contribution in [0.1, 0.15) is 43.2 Å². The van der Waals surface area contributed by atoms with Crippen molar-refractivity contribution in [2.24, 2.45) is 0 Å². The first kappa shape index (κ1) is 28.7. The van der Waals surface area contributed by atoms with E-state index in [2.05, 4.69) is 20.4 Å². The maximum Gasteiger partial charge on any atom is 0.194 e. The van der Waals surface area contributed by atoms with Crippen molar-refractivity contribution in [1.29, 1.82) is 0 Å². The van der Waals surface area contributed by atoms with Gasteiger partial charge in [-0.1, -0.05) is 11.3 Å². The van der Waals surface area contributed by atoms with Crippen molar-refractivity contribution in [1.82, 2.24) is 29.8 Å². The third-order valence-electron chi connectivity index (χ3n) is 6.81. The molecule has 0 spiro atoms. The van der Waals surface area contributed by atoms with Gasteiger partial charge < -0.3 is 20.1 Å². The zero-order chi connectivity index (χ0) is 29.8. The van der Waals surface area contributed by atoms with Gasteiger partial charge in [0.2, 0.25) is 0 Å². The summed E-state index contributed by atoms with van der Waals surface area (Å²) in [6.45, 7) is 3.34. The summed E-state index contributed by atoms with van der Waals surface area (Å²) in [4.78, 5) is 4.31. The highest BCUT2D eigenvalue weighted by molar-refractivity contribution is 5.58. The lowest BCUT2D eigenvalue weighted by Crippen LogP contribution is -2.53.